The van der Waals surface area contributed by atoms with Crippen molar-refractivity contribution in [3.8, 4) is 12.3 Å². The third-order valence-corrected chi connectivity index (χ3v) is 22.7. The van der Waals surface area contributed by atoms with Gasteiger partial charge in [0.15, 0.2) is 0 Å². The summed E-state index contributed by atoms with van der Waals surface area (Å²) in [5.74, 6) is -17.8. The number of H-pyrrole nitrogens is 3. The van der Waals surface area contributed by atoms with Gasteiger partial charge in [0.1, 0.15) is 72.5 Å². The fourth-order valence-corrected chi connectivity index (χ4v) is 15.7. The van der Waals surface area contributed by atoms with Crippen molar-refractivity contribution in [2.24, 2.45) is 23.5 Å². The van der Waals surface area contributed by atoms with Gasteiger partial charge in [0.05, 0.1) is 78.3 Å². The van der Waals surface area contributed by atoms with Gasteiger partial charge in [-0.3, -0.25) is 81.5 Å². The van der Waals surface area contributed by atoms with Gasteiger partial charge in [-0.05, 0) is 80.5 Å². The summed E-state index contributed by atoms with van der Waals surface area (Å²) < 4.78 is 22.1. The smallest absolute Gasteiger partial charge is 0.305 e. The number of carbonyl (C=O) groups is 17. The second-order valence-electron chi connectivity index (χ2n) is 32.3. The molecule has 13 atom stereocenters. The first-order chi connectivity index (χ1) is 62.4. The number of aromatic amines is 3. The molecule has 0 radical (unpaired) electrons. The number of carbonyl (C=O) groups excluding carboxylic acids is 15. The minimum atomic E-state index is -1.90. The molecule has 0 aliphatic carbocycles. The Morgan fingerprint density at radius 3 is 1.62 bits per heavy atom. The Labute approximate surface area is 764 Å². The zero-order valence-electron chi connectivity index (χ0n) is 74.5. The number of imidazole rings is 1. The van der Waals surface area contributed by atoms with E-state index in [9.17, 15) is 77.6 Å². The first kappa shape index (κ1) is 108. The van der Waals surface area contributed by atoms with Gasteiger partial charge in [0.25, 0.3) is 0 Å². The molecule has 0 unspecified atom stereocenters. The van der Waals surface area contributed by atoms with Crippen molar-refractivity contribution < 1.29 is 116 Å². The lowest BCUT2D eigenvalue weighted by Crippen LogP contribution is -2.61. The number of fused-ring (bicyclic) bond motifs is 2. The average Bonchev–Trinajstić information content (AvgIpc) is 1.61. The van der Waals surface area contributed by atoms with E-state index >= 15 is 19.2 Å². The molecule has 0 bridgehead atoms. The van der Waals surface area contributed by atoms with Gasteiger partial charge in [-0.1, -0.05) is 99.5 Å². The Morgan fingerprint density at radius 2 is 1.08 bits per heavy atom. The highest BCUT2D eigenvalue weighted by Crippen LogP contribution is 2.26. The molecule has 1 aliphatic rings. The maximum absolute atomic E-state index is 15.3. The lowest BCUT2D eigenvalue weighted by molar-refractivity contribution is -0.141. The Balaban J connectivity index is 1.37. The number of unbranched alkanes of at least 4 members (excludes halogenated alkanes) is 1. The molecular formula is C86H123N19O24S2. The van der Waals surface area contributed by atoms with Crippen molar-refractivity contribution in [2.45, 2.75) is 211 Å². The van der Waals surface area contributed by atoms with E-state index in [1.807, 2.05) is 0 Å². The van der Waals surface area contributed by atoms with E-state index in [0.717, 1.165) is 28.5 Å². The topological polar surface area (TPSA) is 642 Å². The molecule has 3 aromatic heterocycles. The van der Waals surface area contributed by atoms with E-state index in [-0.39, 0.29) is 103 Å². The Morgan fingerprint density at radius 1 is 0.557 bits per heavy atom. The SMILES string of the molecule is C#CCCCC(=O)NCCOCCOCCOCCOCCC(=O)N[C@@H](CC(=O)O)C(=O)N[C@H]1CSSC[C@@H](C(=O)N[C@H](C(N)=O)[C@@H](C)O)NC(=O)[C@H](Cc2c[nH]c3ccccc23)NC(=O)[C@H](C(C)C)NC(=O)[C@H](CC(C)C)NC(=O)[C@@H](CCC(=O)O)NC(=O)CNC(=O)[C@H](CC(C)C)NC(=O)[C@@H](Cc2cnc[nH]2)NC(=O)[C@H](Cc2c[nH]c3ccccc23)NC(=O)[C@H](C)NC1=O. The van der Waals surface area contributed by atoms with Gasteiger partial charge in [-0.2, -0.15) is 0 Å². The van der Waals surface area contributed by atoms with Crippen LogP contribution in [0.2, 0.25) is 0 Å². The fraction of sp³-hybridized carbons (Fsp3) is 0.558. The summed E-state index contributed by atoms with van der Waals surface area (Å²) in [5, 5.41) is 67.7. The summed E-state index contributed by atoms with van der Waals surface area (Å²) >= 11 is 0. The quantitative estimate of drug-likeness (QED) is 0.0115. The molecule has 2 aromatic carbocycles. The molecule has 1 aliphatic heterocycles. The van der Waals surface area contributed by atoms with E-state index in [2.05, 4.69) is 100 Å². The lowest BCUT2D eigenvalue weighted by atomic mass is 9.98. The summed E-state index contributed by atoms with van der Waals surface area (Å²) in [6.07, 6.45) is 6.98. The predicted octanol–water partition coefficient (Wildman–Crippen LogP) is -1.92. The number of hydrogen-bond donors (Lipinski definition) is 21. The Bertz CT molecular complexity index is 4710. The molecule has 15 amide bonds. The molecule has 1 fully saturated rings. The molecule has 0 saturated carbocycles. The van der Waals surface area contributed by atoms with Gasteiger partial charge in [-0.25, -0.2) is 4.98 Å². The molecule has 6 rings (SSSR count). The molecule has 718 valence electrons. The highest BCUT2D eigenvalue weighted by Gasteiger charge is 2.39. The minimum Gasteiger partial charge on any atom is -0.481 e. The number of hydrogen-bond acceptors (Lipinski definition) is 25. The van der Waals surface area contributed by atoms with Crippen molar-refractivity contribution in [2.75, 3.05) is 77.5 Å². The molecular weight excluding hydrogens is 1750 g/mol. The largest absolute Gasteiger partial charge is 0.481 e. The van der Waals surface area contributed by atoms with Crippen LogP contribution in [0.15, 0.2) is 73.4 Å². The third kappa shape index (κ3) is 38.4. The third-order valence-electron chi connectivity index (χ3n) is 20.3. The highest BCUT2D eigenvalue weighted by atomic mass is 33.1. The zero-order valence-corrected chi connectivity index (χ0v) is 76.1. The number of aromatic nitrogens is 4. The van der Waals surface area contributed by atoms with E-state index in [4.69, 9.17) is 31.1 Å². The maximum Gasteiger partial charge on any atom is 0.305 e. The molecule has 22 N–H and O–H groups in total. The van der Waals surface area contributed by atoms with Crippen LogP contribution >= 0.6 is 21.6 Å². The normalized spacial score (nSPS) is 21.0. The fourth-order valence-electron chi connectivity index (χ4n) is 13.4. The van der Waals surface area contributed by atoms with Crippen LogP contribution in [0.5, 0.6) is 0 Å². The van der Waals surface area contributed by atoms with Crippen LogP contribution in [0.4, 0.5) is 0 Å². The summed E-state index contributed by atoms with van der Waals surface area (Å²) in [6, 6.07) is -6.13. The number of para-hydroxylation sites is 2. The number of aliphatic carboxylic acids is 2. The average molecular weight is 1870 g/mol. The van der Waals surface area contributed by atoms with Crippen LogP contribution in [0, 0.1) is 30.1 Å². The number of amides is 15. The monoisotopic (exact) mass is 1870 g/mol. The number of nitrogens with one attached hydrogen (secondary N) is 17. The second-order valence-corrected chi connectivity index (χ2v) is 34.9. The number of ether oxygens (including phenoxy) is 4. The number of nitrogens with two attached hydrogens (primary N) is 1. The number of aliphatic hydroxyl groups excluding tert-OH is 1. The maximum atomic E-state index is 15.3. The summed E-state index contributed by atoms with van der Waals surface area (Å²) in [4.78, 5) is 253. The van der Waals surface area contributed by atoms with Gasteiger partial charge >= 0.3 is 11.9 Å². The van der Waals surface area contributed by atoms with Crippen molar-refractivity contribution in [3.05, 3.63) is 90.3 Å². The number of rotatable bonds is 41. The number of benzene rings is 2. The molecule has 1 saturated heterocycles. The van der Waals surface area contributed by atoms with E-state index in [0.29, 0.717) is 64.4 Å². The molecule has 45 heteroatoms. The van der Waals surface area contributed by atoms with E-state index < -0.39 is 223 Å². The molecule has 131 heavy (non-hydrogen) atoms. The Kier molecular flexibility index (Phi) is 46.3. The van der Waals surface area contributed by atoms with Crippen LogP contribution in [-0.4, -0.2) is 292 Å². The standard InChI is InChI=1S/C86H123N19O24S2/c1-10-11-12-21-68(107)89-25-27-127-29-31-129-33-32-128-30-28-126-26-24-69(108)96-65(39-72(112)113)82(121)102-66-44-130-131-45-67(85(124)105-74(51(9)106)75(87)114)103-80(119)63(37-53-41-91-58-20-16-14-18-56(53)58)101-86(125)73(49(6)7)104-83(122)61(35-48(4)5)99-78(117)59(22-23-71(110)111)95-70(109)43-92-77(116)60(34-47(2)3)98-81(120)64(38-54-42-88-46-93-54)100-79(118)62(97-76(115)50(8)94-84(66)123)36-52-40-90-57-19-15-13-17-55(52)57/h1,13-20,40-42,46-51,59-67,73-74,90-91,106H,11-12,21-39,43-45H2,2-9H3,(H2,87,114)(H,88,93)(H,89,107)(H,92,116)(H,94,123)(H,95,109)(H,96,108)(H,97,115)(H,98,120)(H,99,117)(H,100,118)(H,101,125)(H,102,121)(H,103,119)(H,104,122)(H,105,124)(H,110,111)(H,112,113)/t50-,51+,59+,60-,61-,62-,63-,64+,65-,66-,67-,73-,74-/m0/s1. The van der Waals surface area contributed by atoms with Gasteiger partial charge < -0.3 is 129 Å². The molecule has 4 heterocycles. The van der Waals surface area contributed by atoms with Crippen molar-refractivity contribution in [3.63, 3.8) is 0 Å². The molecule has 0 spiro atoms. The van der Waals surface area contributed by atoms with Gasteiger partial charge in [0.2, 0.25) is 88.6 Å². The van der Waals surface area contributed by atoms with Crippen LogP contribution in [0.25, 0.3) is 21.8 Å². The van der Waals surface area contributed by atoms with Crippen LogP contribution < -0.4 is 80.2 Å². The molecule has 5 aromatic rings. The van der Waals surface area contributed by atoms with Crippen LogP contribution in [0.3, 0.4) is 0 Å². The Hall–Kier alpha value is -12.2. The summed E-state index contributed by atoms with van der Waals surface area (Å²) in [5.41, 5.74) is 8.08. The number of carboxylic acid groups (broad SMARTS) is 2. The van der Waals surface area contributed by atoms with Gasteiger partial charge in [-0.15, -0.1) is 12.3 Å². The van der Waals surface area contributed by atoms with Crippen molar-refractivity contribution in [1.82, 2.24) is 94.4 Å². The van der Waals surface area contributed by atoms with Crippen molar-refractivity contribution in [1.29, 1.82) is 0 Å². The minimum absolute atomic E-state index is 0.00511. The number of nitrogens with zero attached hydrogens (tertiary/aromatic N) is 1. The molecule has 43 nitrogen and oxygen atoms in total. The number of primary amides is 1. The van der Waals surface area contributed by atoms with E-state index in [1.165, 1.54) is 19.4 Å². The number of aliphatic hydroxyl groups is 1. The summed E-state index contributed by atoms with van der Waals surface area (Å²) in [7, 11) is 1.50. The van der Waals surface area contributed by atoms with Crippen molar-refractivity contribution >= 4 is 144 Å². The predicted molar refractivity (Wildman–Crippen MR) is 480 cm³/mol. The van der Waals surface area contributed by atoms with Crippen LogP contribution in [-0.2, 0) is 120 Å². The number of terminal acetylenes is 1. The first-order valence-corrected chi connectivity index (χ1v) is 45.5. The number of carboxylic acids is 2. The first-order valence-electron chi connectivity index (χ1n) is 43.1. The van der Waals surface area contributed by atoms with Gasteiger partial charge in [0, 0.05) is 109 Å². The second kappa shape index (κ2) is 56.4. The highest BCUT2D eigenvalue weighted by molar-refractivity contribution is 8.76. The lowest BCUT2D eigenvalue weighted by Gasteiger charge is -2.29. The van der Waals surface area contributed by atoms with E-state index in [1.54, 1.807) is 102 Å². The van der Waals surface area contributed by atoms with Crippen LogP contribution in [0.1, 0.15) is 130 Å². The summed E-state index contributed by atoms with van der Waals surface area (Å²) in [6.45, 7) is 12.8. The zero-order chi connectivity index (χ0) is 96.2.